The molecule has 0 saturated heterocycles. The molecule has 0 atom stereocenters. The Hall–Kier alpha value is -2.77. The van der Waals surface area contributed by atoms with Gasteiger partial charge in [-0.15, -0.1) is 0 Å². The Kier molecular flexibility index (Phi) is 6.00. The summed E-state index contributed by atoms with van der Waals surface area (Å²) >= 11 is 5.81. The molecule has 5 heteroatoms. The van der Waals surface area contributed by atoms with Crippen molar-refractivity contribution in [2.24, 2.45) is 0 Å². The van der Waals surface area contributed by atoms with Crippen molar-refractivity contribution in [3.63, 3.8) is 0 Å². The molecule has 0 bridgehead atoms. The molecule has 24 heavy (non-hydrogen) atoms. The summed E-state index contributed by atoms with van der Waals surface area (Å²) in [4.78, 5) is 12.2. The molecule has 0 radical (unpaired) electrons. The first-order chi connectivity index (χ1) is 11.5. The number of nitrogens with one attached hydrogen (secondary N) is 2. The van der Waals surface area contributed by atoms with Crippen LogP contribution >= 0.6 is 11.6 Å². The highest BCUT2D eigenvalue weighted by molar-refractivity contribution is 6.30. The maximum absolute atomic E-state index is 12.2. The van der Waals surface area contributed by atoms with Crippen LogP contribution in [0.3, 0.4) is 0 Å². The highest BCUT2D eigenvalue weighted by atomic mass is 35.5. The summed E-state index contributed by atoms with van der Waals surface area (Å²) in [6.07, 6.45) is 1.42. The van der Waals surface area contributed by atoms with E-state index in [1.54, 1.807) is 24.3 Å². The van der Waals surface area contributed by atoms with E-state index < -0.39 is 5.91 Å². The van der Waals surface area contributed by atoms with Gasteiger partial charge in [0.25, 0.3) is 5.91 Å². The highest BCUT2D eigenvalue weighted by Gasteiger charge is 2.10. The van der Waals surface area contributed by atoms with E-state index in [9.17, 15) is 10.1 Å². The Labute approximate surface area is 146 Å². The Morgan fingerprint density at radius 1 is 1.17 bits per heavy atom. The molecular weight excluding hydrogens is 322 g/mol. The third kappa shape index (κ3) is 4.61. The predicted molar refractivity (Wildman–Crippen MR) is 97.9 cm³/mol. The smallest absolute Gasteiger partial charge is 0.267 e. The molecular formula is C19H18ClN3O. The summed E-state index contributed by atoms with van der Waals surface area (Å²) in [5.74, 6) is -0.148. The lowest BCUT2D eigenvalue weighted by molar-refractivity contribution is -0.112. The van der Waals surface area contributed by atoms with Crippen LogP contribution in [0.15, 0.2) is 60.3 Å². The maximum atomic E-state index is 12.2. The number of para-hydroxylation sites is 1. The van der Waals surface area contributed by atoms with Gasteiger partial charge in [-0.2, -0.15) is 5.26 Å². The molecule has 2 aromatic carbocycles. The zero-order valence-electron chi connectivity index (χ0n) is 13.5. The fourth-order valence-corrected chi connectivity index (χ4v) is 2.29. The van der Waals surface area contributed by atoms with Gasteiger partial charge >= 0.3 is 0 Å². The fourth-order valence-electron chi connectivity index (χ4n) is 2.16. The summed E-state index contributed by atoms with van der Waals surface area (Å²) < 4.78 is 0. The minimum absolute atomic E-state index is 0.0106. The van der Waals surface area contributed by atoms with Gasteiger partial charge in [-0.3, -0.25) is 4.79 Å². The van der Waals surface area contributed by atoms with Crippen molar-refractivity contribution in [3.05, 3.63) is 70.9 Å². The van der Waals surface area contributed by atoms with Gasteiger partial charge in [0.15, 0.2) is 0 Å². The fraction of sp³-hybridized carbons (Fsp3) is 0.158. The van der Waals surface area contributed by atoms with E-state index in [0.717, 1.165) is 11.3 Å². The molecule has 1 amide bonds. The van der Waals surface area contributed by atoms with Crippen molar-refractivity contribution in [1.82, 2.24) is 0 Å². The number of amides is 1. The van der Waals surface area contributed by atoms with E-state index >= 15 is 0 Å². The van der Waals surface area contributed by atoms with Gasteiger partial charge in [0, 0.05) is 22.6 Å². The summed E-state index contributed by atoms with van der Waals surface area (Å²) in [6, 6.07) is 16.4. The molecule has 0 aliphatic heterocycles. The number of halogens is 1. The molecule has 0 aliphatic carbocycles. The van der Waals surface area contributed by atoms with E-state index in [-0.39, 0.29) is 5.57 Å². The van der Waals surface area contributed by atoms with Crippen LogP contribution in [0.5, 0.6) is 0 Å². The molecule has 2 rings (SSSR count). The quantitative estimate of drug-likeness (QED) is 0.600. The first kappa shape index (κ1) is 17.6. The number of anilines is 2. The van der Waals surface area contributed by atoms with Crippen LogP contribution in [0.2, 0.25) is 5.02 Å². The first-order valence-electron chi connectivity index (χ1n) is 7.54. The molecule has 0 saturated carbocycles. The average Bonchev–Trinajstić information content (AvgIpc) is 2.57. The molecule has 0 aromatic heterocycles. The van der Waals surface area contributed by atoms with Gasteiger partial charge < -0.3 is 10.6 Å². The normalized spacial score (nSPS) is 11.0. The molecule has 0 heterocycles. The molecule has 122 valence electrons. The van der Waals surface area contributed by atoms with E-state index in [4.69, 9.17) is 11.6 Å². The lowest BCUT2D eigenvalue weighted by atomic mass is 10.0. The second-order valence-electron chi connectivity index (χ2n) is 5.52. The van der Waals surface area contributed by atoms with E-state index in [1.165, 1.54) is 6.20 Å². The number of nitriles is 1. The minimum atomic E-state index is -0.477. The molecule has 0 spiro atoms. The van der Waals surface area contributed by atoms with Crippen LogP contribution in [-0.4, -0.2) is 5.91 Å². The van der Waals surface area contributed by atoms with E-state index in [0.29, 0.717) is 16.6 Å². The average molecular weight is 340 g/mol. The van der Waals surface area contributed by atoms with Crippen LogP contribution in [0.1, 0.15) is 25.3 Å². The summed E-state index contributed by atoms with van der Waals surface area (Å²) in [6.45, 7) is 4.17. The molecule has 4 nitrogen and oxygen atoms in total. The van der Waals surface area contributed by atoms with Crippen molar-refractivity contribution in [3.8, 4) is 6.07 Å². The van der Waals surface area contributed by atoms with Crippen LogP contribution in [0.4, 0.5) is 11.4 Å². The number of benzene rings is 2. The van der Waals surface area contributed by atoms with Gasteiger partial charge in [0.05, 0.1) is 0 Å². The van der Waals surface area contributed by atoms with Crippen LogP contribution < -0.4 is 10.6 Å². The number of hydrogen-bond donors (Lipinski definition) is 2. The van der Waals surface area contributed by atoms with Crippen molar-refractivity contribution >= 4 is 28.9 Å². The van der Waals surface area contributed by atoms with Gasteiger partial charge in [0.1, 0.15) is 11.6 Å². The Morgan fingerprint density at radius 2 is 1.83 bits per heavy atom. The van der Waals surface area contributed by atoms with Crippen molar-refractivity contribution in [1.29, 1.82) is 5.26 Å². The maximum Gasteiger partial charge on any atom is 0.267 e. The van der Waals surface area contributed by atoms with Crippen LogP contribution in [-0.2, 0) is 4.79 Å². The highest BCUT2D eigenvalue weighted by Crippen LogP contribution is 2.23. The van der Waals surface area contributed by atoms with Gasteiger partial charge in [-0.1, -0.05) is 43.6 Å². The molecule has 2 N–H and O–H groups in total. The zero-order valence-corrected chi connectivity index (χ0v) is 14.3. The van der Waals surface area contributed by atoms with Gasteiger partial charge in [-0.25, -0.2) is 0 Å². The van der Waals surface area contributed by atoms with Crippen LogP contribution in [0.25, 0.3) is 0 Å². The monoisotopic (exact) mass is 339 g/mol. The summed E-state index contributed by atoms with van der Waals surface area (Å²) in [5, 5.41) is 15.5. The Morgan fingerprint density at radius 3 is 2.46 bits per heavy atom. The van der Waals surface area contributed by atoms with Gasteiger partial charge in [0.2, 0.25) is 0 Å². The summed E-state index contributed by atoms with van der Waals surface area (Å²) in [5.41, 5.74) is 2.56. The van der Waals surface area contributed by atoms with Crippen molar-refractivity contribution < 1.29 is 4.79 Å². The molecule has 0 unspecified atom stereocenters. The van der Waals surface area contributed by atoms with Gasteiger partial charge in [-0.05, 0) is 41.8 Å². The SMILES string of the molecule is CC(C)c1ccccc1N/C=C(/C#N)C(=O)Nc1ccc(Cl)cc1. The lowest BCUT2D eigenvalue weighted by Crippen LogP contribution is -2.14. The number of carbonyl (C=O) groups is 1. The standard InChI is InChI=1S/C19H18ClN3O/c1-13(2)17-5-3-4-6-18(17)22-12-14(11-21)19(24)23-16-9-7-15(20)8-10-16/h3-10,12-13,22H,1-2H3,(H,23,24)/b14-12-. The second-order valence-corrected chi connectivity index (χ2v) is 5.95. The number of nitrogens with zero attached hydrogens (tertiary/aromatic N) is 1. The number of carbonyl (C=O) groups excluding carboxylic acids is 1. The third-order valence-corrected chi connectivity index (χ3v) is 3.67. The first-order valence-corrected chi connectivity index (χ1v) is 7.91. The molecule has 0 fully saturated rings. The zero-order chi connectivity index (χ0) is 17.5. The van der Waals surface area contributed by atoms with Crippen molar-refractivity contribution in [2.45, 2.75) is 19.8 Å². The lowest BCUT2D eigenvalue weighted by Gasteiger charge is -2.12. The summed E-state index contributed by atoms with van der Waals surface area (Å²) in [7, 11) is 0. The van der Waals surface area contributed by atoms with E-state index in [1.807, 2.05) is 30.3 Å². The minimum Gasteiger partial charge on any atom is -0.360 e. The van der Waals surface area contributed by atoms with Crippen LogP contribution in [0, 0.1) is 11.3 Å². The molecule has 0 aliphatic rings. The van der Waals surface area contributed by atoms with Crippen molar-refractivity contribution in [2.75, 3.05) is 10.6 Å². The predicted octanol–water partition coefficient (Wildman–Crippen LogP) is 4.92. The molecule has 2 aromatic rings. The number of hydrogen-bond acceptors (Lipinski definition) is 3. The Bertz CT molecular complexity index is 789. The number of rotatable bonds is 5. The van der Waals surface area contributed by atoms with E-state index in [2.05, 4.69) is 24.5 Å². The topological polar surface area (TPSA) is 64.9 Å². The second kappa shape index (κ2) is 8.19. The Balaban J connectivity index is 2.13. The largest absolute Gasteiger partial charge is 0.360 e. The third-order valence-electron chi connectivity index (χ3n) is 3.42.